The second kappa shape index (κ2) is 9.37. The fourth-order valence-corrected chi connectivity index (χ4v) is 3.85. The molecule has 2 aliphatic heterocycles. The first-order valence-electron chi connectivity index (χ1n) is 10.3. The van der Waals surface area contributed by atoms with E-state index in [0.29, 0.717) is 44.4 Å². The molecule has 0 radical (unpaired) electrons. The minimum Gasteiger partial charge on any atom is -0.494 e. The Bertz CT molecular complexity index is 801. The molecule has 0 saturated carbocycles. The van der Waals surface area contributed by atoms with Crippen LogP contribution in [0.4, 0.5) is 0 Å². The van der Waals surface area contributed by atoms with E-state index in [0.717, 1.165) is 37.1 Å². The third-order valence-corrected chi connectivity index (χ3v) is 5.28. The molecule has 0 N–H and O–H groups in total. The van der Waals surface area contributed by atoms with E-state index >= 15 is 0 Å². The first kappa shape index (κ1) is 19.8. The zero-order valence-electron chi connectivity index (χ0n) is 16.7. The van der Waals surface area contributed by atoms with Gasteiger partial charge in [-0.05, 0) is 50.5 Å². The summed E-state index contributed by atoms with van der Waals surface area (Å²) in [6.07, 6.45) is 3.46. The Kier molecular flexibility index (Phi) is 6.41. The summed E-state index contributed by atoms with van der Waals surface area (Å²) in [6.45, 7) is 4.50. The Hall–Kier alpha value is -2.45. The summed E-state index contributed by atoms with van der Waals surface area (Å²) in [5.74, 6) is 1.86. The van der Waals surface area contributed by atoms with Gasteiger partial charge in [-0.15, -0.1) is 0 Å². The number of aryl methyl sites for hydroxylation is 1. The highest BCUT2D eigenvalue weighted by Crippen LogP contribution is 2.25. The van der Waals surface area contributed by atoms with Crippen molar-refractivity contribution in [3.05, 3.63) is 30.2 Å². The summed E-state index contributed by atoms with van der Waals surface area (Å²) in [7, 11) is 0. The number of aromatic nitrogens is 2. The molecular formula is C21H27N3O5. The van der Waals surface area contributed by atoms with E-state index in [4.69, 9.17) is 18.7 Å². The smallest absolute Gasteiger partial charge is 0.227 e. The van der Waals surface area contributed by atoms with Crippen LogP contribution in [0.5, 0.6) is 5.75 Å². The molecule has 1 aromatic carbocycles. The normalized spacial score (nSPS) is 20.2. The molecule has 8 heteroatoms. The number of ether oxygens (including phenoxy) is 3. The molecule has 0 spiro atoms. The highest BCUT2D eigenvalue weighted by Gasteiger charge is 2.36. The number of hydrogen-bond acceptors (Lipinski definition) is 7. The van der Waals surface area contributed by atoms with Crippen molar-refractivity contribution in [3.8, 4) is 17.1 Å². The Morgan fingerprint density at radius 2 is 2.00 bits per heavy atom. The van der Waals surface area contributed by atoms with E-state index in [-0.39, 0.29) is 18.2 Å². The van der Waals surface area contributed by atoms with Crippen LogP contribution in [0, 0.1) is 0 Å². The molecule has 1 amide bonds. The van der Waals surface area contributed by atoms with E-state index < -0.39 is 0 Å². The van der Waals surface area contributed by atoms with Gasteiger partial charge in [0.2, 0.25) is 17.6 Å². The van der Waals surface area contributed by atoms with Crippen molar-refractivity contribution < 1.29 is 23.5 Å². The number of benzene rings is 1. The molecule has 2 fully saturated rings. The van der Waals surface area contributed by atoms with Gasteiger partial charge >= 0.3 is 0 Å². The highest BCUT2D eigenvalue weighted by molar-refractivity contribution is 5.76. The van der Waals surface area contributed by atoms with Gasteiger partial charge in [-0.25, -0.2) is 0 Å². The number of likely N-dealkylation sites (tertiary alicyclic amines) is 1. The van der Waals surface area contributed by atoms with Gasteiger partial charge in [-0.2, -0.15) is 4.98 Å². The van der Waals surface area contributed by atoms with Gasteiger partial charge in [0, 0.05) is 24.9 Å². The summed E-state index contributed by atoms with van der Waals surface area (Å²) in [5, 5.41) is 4.04. The predicted octanol–water partition coefficient (Wildman–Crippen LogP) is 2.82. The summed E-state index contributed by atoms with van der Waals surface area (Å²) in [4.78, 5) is 19.2. The third-order valence-electron chi connectivity index (χ3n) is 5.28. The minimum absolute atomic E-state index is 0.000787. The van der Waals surface area contributed by atoms with Crippen molar-refractivity contribution in [2.45, 2.75) is 51.4 Å². The molecule has 4 rings (SSSR count). The van der Waals surface area contributed by atoms with E-state index in [1.165, 1.54) is 0 Å². The zero-order valence-corrected chi connectivity index (χ0v) is 16.7. The van der Waals surface area contributed by atoms with Gasteiger partial charge in [0.15, 0.2) is 6.29 Å². The van der Waals surface area contributed by atoms with Gasteiger partial charge in [0.05, 0.1) is 25.9 Å². The molecule has 0 bridgehead atoms. The van der Waals surface area contributed by atoms with Crippen LogP contribution < -0.4 is 4.74 Å². The molecular weight excluding hydrogens is 374 g/mol. The second-order valence-electron chi connectivity index (χ2n) is 7.23. The fraction of sp³-hybridized carbons (Fsp3) is 0.571. The molecule has 2 aliphatic rings. The SMILES string of the molecule is CCOc1ccc(-c2noc(CCC(=O)N3CCCCC3C3OCCO3)n2)cc1. The summed E-state index contributed by atoms with van der Waals surface area (Å²) in [5.41, 5.74) is 0.849. The molecule has 1 unspecified atom stereocenters. The lowest BCUT2D eigenvalue weighted by molar-refractivity contribution is -0.150. The standard InChI is InChI=1S/C21H27N3O5/c1-2-26-16-8-6-15(7-9-16)20-22-18(29-23-20)10-11-19(25)24-12-4-3-5-17(24)21-27-13-14-28-21/h6-9,17,21H,2-5,10-14H2,1H3. The fourth-order valence-electron chi connectivity index (χ4n) is 3.85. The van der Waals surface area contributed by atoms with Crippen LogP contribution in [0.2, 0.25) is 0 Å². The van der Waals surface area contributed by atoms with Crippen molar-refractivity contribution in [2.75, 3.05) is 26.4 Å². The lowest BCUT2D eigenvalue weighted by Gasteiger charge is -2.38. The number of amides is 1. The number of carbonyl (C=O) groups excluding carboxylic acids is 1. The number of nitrogens with zero attached hydrogens (tertiary/aromatic N) is 3. The van der Waals surface area contributed by atoms with Crippen molar-refractivity contribution in [3.63, 3.8) is 0 Å². The average molecular weight is 401 g/mol. The lowest BCUT2D eigenvalue weighted by atomic mass is 10.0. The van der Waals surface area contributed by atoms with Crippen LogP contribution in [0.15, 0.2) is 28.8 Å². The Balaban J connectivity index is 1.34. The van der Waals surface area contributed by atoms with Gasteiger partial charge in [0.1, 0.15) is 5.75 Å². The van der Waals surface area contributed by atoms with Crippen LogP contribution >= 0.6 is 0 Å². The van der Waals surface area contributed by atoms with E-state index in [1.807, 2.05) is 36.1 Å². The van der Waals surface area contributed by atoms with Crippen molar-refractivity contribution >= 4 is 5.91 Å². The number of piperidine rings is 1. The monoisotopic (exact) mass is 401 g/mol. The number of hydrogen-bond donors (Lipinski definition) is 0. The number of carbonyl (C=O) groups is 1. The molecule has 1 atom stereocenters. The van der Waals surface area contributed by atoms with Crippen molar-refractivity contribution in [2.24, 2.45) is 0 Å². The minimum atomic E-state index is -0.297. The third kappa shape index (κ3) is 4.76. The van der Waals surface area contributed by atoms with E-state index in [2.05, 4.69) is 10.1 Å². The molecule has 2 saturated heterocycles. The number of rotatable bonds is 7. The Morgan fingerprint density at radius 1 is 1.21 bits per heavy atom. The molecule has 29 heavy (non-hydrogen) atoms. The molecule has 0 aliphatic carbocycles. The van der Waals surface area contributed by atoms with Crippen LogP contribution in [-0.2, 0) is 20.7 Å². The molecule has 156 valence electrons. The predicted molar refractivity (Wildman–Crippen MR) is 104 cm³/mol. The summed E-state index contributed by atoms with van der Waals surface area (Å²) in [6, 6.07) is 7.54. The maximum absolute atomic E-state index is 12.8. The van der Waals surface area contributed by atoms with E-state index in [9.17, 15) is 4.79 Å². The van der Waals surface area contributed by atoms with Crippen LogP contribution in [0.3, 0.4) is 0 Å². The van der Waals surface area contributed by atoms with Gasteiger partial charge < -0.3 is 23.6 Å². The lowest BCUT2D eigenvalue weighted by Crippen LogP contribution is -2.50. The average Bonchev–Trinajstić information content (AvgIpc) is 3.45. The van der Waals surface area contributed by atoms with E-state index in [1.54, 1.807) is 0 Å². The van der Waals surface area contributed by atoms with Crippen LogP contribution in [0.25, 0.3) is 11.4 Å². The molecule has 2 aromatic rings. The quantitative estimate of drug-likeness (QED) is 0.705. The van der Waals surface area contributed by atoms with Gasteiger partial charge in [0.25, 0.3) is 0 Å². The Morgan fingerprint density at radius 3 is 2.76 bits per heavy atom. The second-order valence-corrected chi connectivity index (χ2v) is 7.23. The first-order valence-corrected chi connectivity index (χ1v) is 10.3. The van der Waals surface area contributed by atoms with Gasteiger partial charge in [-0.3, -0.25) is 4.79 Å². The first-order chi connectivity index (χ1) is 14.2. The van der Waals surface area contributed by atoms with Crippen LogP contribution in [0.1, 0.15) is 38.5 Å². The zero-order chi connectivity index (χ0) is 20.1. The molecule has 3 heterocycles. The van der Waals surface area contributed by atoms with Crippen LogP contribution in [-0.4, -0.2) is 59.6 Å². The topological polar surface area (TPSA) is 86.9 Å². The molecule has 1 aromatic heterocycles. The largest absolute Gasteiger partial charge is 0.494 e. The molecule has 8 nitrogen and oxygen atoms in total. The van der Waals surface area contributed by atoms with Crippen molar-refractivity contribution in [1.29, 1.82) is 0 Å². The highest BCUT2D eigenvalue weighted by atomic mass is 16.7. The maximum Gasteiger partial charge on any atom is 0.227 e. The Labute approximate surface area is 170 Å². The van der Waals surface area contributed by atoms with Crippen molar-refractivity contribution in [1.82, 2.24) is 15.0 Å². The summed E-state index contributed by atoms with van der Waals surface area (Å²) >= 11 is 0. The van der Waals surface area contributed by atoms with Gasteiger partial charge in [-0.1, -0.05) is 5.16 Å². The summed E-state index contributed by atoms with van der Waals surface area (Å²) < 4.78 is 22.1. The maximum atomic E-state index is 12.8.